The van der Waals surface area contributed by atoms with Crippen molar-refractivity contribution in [3.63, 3.8) is 0 Å². The smallest absolute Gasteiger partial charge is 0.165 e. The number of carbonyl (C=O) groups excluding carboxylic acids is 1. The number of rotatable bonds is 1. The van der Waals surface area contributed by atoms with Gasteiger partial charge < -0.3 is 5.11 Å². The van der Waals surface area contributed by atoms with Gasteiger partial charge in [-0.15, -0.1) is 0 Å². The highest BCUT2D eigenvalue weighted by Gasteiger charge is 2.14. The van der Waals surface area contributed by atoms with Gasteiger partial charge in [-0.25, -0.2) is 4.39 Å². The minimum absolute atomic E-state index is 0.0185. The molecular formula is C8H6BrFO2. The zero-order chi connectivity index (χ0) is 9.30. The second-order valence-electron chi connectivity index (χ2n) is 2.31. The Labute approximate surface area is 77.2 Å². The summed E-state index contributed by atoms with van der Waals surface area (Å²) in [6.07, 6.45) is 0. The molecule has 0 radical (unpaired) electrons. The summed E-state index contributed by atoms with van der Waals surface area (Å²) in [6.45, 7) is 1.26. The summed E-state index contributed by atoms with van der Waals surface area (Å²) in [5.74, 6) is -1.76. The first-order valence-electron chi connectivity index (χ1n) is 3.22. The molecule has 0 saturated heterocycles. The molecule has 0 aromatic heterocycles. The molecule has 2 nitrogen and oxygen atoms in total. The lowest BCUT2D eigenvalue weighted by atomic mass is 10.1. The molecule has 0 bridgehead atoms. The highest BCUT2D eigenvalue weighted by molar-refractivity contribution is 9.10. The summed E-state index contributed by atoms with van der Waals surface area (Å²) < 4.78 is 13.1. The van der Waals surface area contributed by atoms with Gasteiger partial charge in [-0.05, 0) is 35.0 Å². The predicted octanol–water partition coefficient (Wildman–Crippen LogP) is 2.50. The molecule has 0 atom stereocenters. The molecule has 4 heteroatoms. The van der Waals surface area contributed by atoms with Crippen molar-refractivity contribution in [2.75, 3.05) is 0 Å². The summed E-state index contributed by atoms with van der Waals surface area (Å²) in [6, 6.07) is 2.47. The van der Waals surface area contributed by atoms with E-state index in [4.69, 9.17) is 5.11 Å². The fourth-order valence-electron chi connectivity index (χ4n) is 0.876. The summed E-state index contributed by atoms with van der Waals surface area (Å²) >= 11 is 3.03. The van der Waals surface area contributed by atoms with Crippen LogP contribution in [0.3, 0.4) is 0 Å². The van der Waals surface area contributed by atoms with Crippen molar-refractivity contribution in [2.24, 2.45) is 0 Å². The Morgan fingerprint density at radius 2 is 2.17 bits per heavy atom. The molecule has 0 amide bonds. The first-order valence-corrected chi connectivity index (χ1v) is 4.01. The Bertz CT molecular complexity index is 336. The molecule has 0 unspecified atom stereocenters. The Morgan fingerprint density at radius 3 is 2.58 bits per heavy atom. The average molecular weight is 233 g/mol. The van der Waals surface area contributed by atoms with Crippen LogP contribution in [0.1, 0.15) is 17.3 Å². The van der Waals surface area contributed by atoms with Crippen LogP contribution in [0.15, 0.2) is 16.6 Å². The molecule has 1 aromatic carbocycles. The molecule has 1 rings (SSSR count). The zero-order valence-electron chi connectivity index (χ0n) is 6.27. The topological polar surface area (TPSA) is 37.3 Å². The van der Waals surface area contributed by atoms with Crippen molar-refractivity contribution in [3.8, 4) is 5.75 Å². The lowest BCUT2D eigenvalue weighted by Crippen LogP contribution is -1.96. The molecule has 0 fully saturated rings. The average Bonchev–Trinajstić information content (AvgIpc) is 1.97. The van der Waals surface area contributed by atoms with Gasteiger partial charge in [0.25, 0.3) is 0 Å². The van der Waals surface area contributed by atoms with Gasteiger partial charge in [-0.2, -0.15) is 0 Å². The van der Waals surface area contributed by atoms with Gasteiger partial charge in [0.15, 0.2) is 17.3 Å². The van der Waals surface area contributed by atoms with Crippen molar-refractivity contribution < 1.29 is 14.3 Å². The SMILES string of the molecule is CC(=O)c1c(Br)ccc(F)c1O. The van der Waals surface area contributed by atoms with Gasteiger partial charge in [-0.3, -0.25) is 4.79 Å². The van der Waals surface area contributed by atoms with E-state index in [1.807, 2.05) is 0 Å². The van der Waals surface area contributed by atoms with Crippen LogP contribution < -0.4 is 0 Å². The summed E-state index contributed by atoms with van der Waals surface area (Å²) in [4.78, 5) is 10.9. The van der Waals surface area contributed by atoms with Crippen LogP contribution in [0, 0.1) is 5.82 Å². The Morgan fingerprint density at radius 1 is 1.58 bits per heavy atom. The van der Waals surface area contributed by atoms with E-state index in [1.165, 1.54) is 13.0 Å². The van der Waals surface area contributed by atoms with Crippen molar-refractivity contribution in [1.82, 2.24) is 0 Å². The number of phenolic OH excluding ortho intramolecular Hbond substituents is 1. The van der Waals surface area contributed by atoms with E-state index in [2.05, 4.69) is 15.9 Å². The Balaban J connectivity index is 3.43. The van der Waals surface area contributed by atoms with Gasteiger partial charge in [0, 0.05) is 4.47 Å². The van der Waals surface area contributed by atoms with E-state index >= 15 is 0 Å². The van der Waals surface area contributed by atoms with E-state index in [1.54, 1.807) is 0 Å². The number of carbonyl (C=O) groups is 1. The first-order chi connectivity index (χ1) is 5.54. The standard InChI is InChI=1S/C8H6BrFO2/c1-4(11)7-5(9)2-3-6(10)8(7)12/h2-3,12H,1H3. The molecule has 12 heavy (non-hydrogen) atoms. The van der Waals surface area contributed by atoms with Gasteiger partial charge >= 0.3 is 0 Å². The lowest BCUT2D eigenvalue weighted by molar-refractivity contribution is 0.101. The van der Waals surface area contributed by atoms with Crippen LogP contribution in [-0.4, -0.2) is 10.9 Å². The second kappa shape index (κ2) is 3.23. The number of aromatic hydroxyl groups is 1. The maximum atomic E-state index is 12.7. The lowest BCUT2D eigenvalue weighted by Gasteiger charge is -2.03. The van der Waals surface area contributed by atoms with Crippen LogP contribution in [-0.2, 0) is 0 Å². The number of benzene rings is 1. The maximum absolute atomic E-state index is 12.7. The number of halogens is 2. The van der Waals surface area contributed by atoms with Crippen molar-refractivity contribution in [3.05, 3.63) is 28.0 Å². The molecule has 0 aliphatic heterocycles. The summed E-state index contributed by atoms with van der Waals surface area (Å²) in [7, 11) is 0. The van der Waals surface area contributed by atoms with E-state index in [0.29, 0.717) is 4.47 Å². The number of Topliss-reactive ketones (excluding diaryl/α,β-unsaturated/α-hetero) is 1. The van der Waals surface area contributed by atoms with E-state index in [0.717, 1.165) is 6.07 Å². The summed E-state index contributed by atoms with van der Waals surface area (Å²) in [5.41, 5.74) is -0.0185. The zero-order valence-corrected chi connectivity index (χ0v) is 7.85. The Kier molecular flexibility index (Phi) is 2.47. The third-order valence-corrected chi connectivity index (χ3v) is 2.09. The normalized spacial score (nSPS) is 9.92. The van der Waals surface area contributed by atoms with Crippen LogP contribution in [0.25, 0.3) is 0 Å². The predicted molar refractivity (Wildman–Crippen MR) is 45.8 cm³/mol. The van der Waals surface area contributed by atoms with E-state index in [-0.39, 0.29) is 11.3 Å². The molecule has 1 aromatic rings. The van der Waals surface area contributed by atoms with Crippen molar-refractivity contribution in [1.29, 1.82) is 0 Å². The van der Waals surface area contributed by atoms with Gasteiger partial charge in [0.1, 0.15) is 0 Å². The molecule has 1 N–H and O–H groups in total. The molecule has 0 heterocycles. The molecule has 0 saturated carbocycles. The molecule has 0 aliphatic rings. The van der Waals surface area contributed by atoms with Crippen molar-refractivity contribution >= 4 is 21.7 Å². The fraction of sp³-hybridized carbons (Fsp3) is 0.125. The van der Waals surface area contributed by atoms with Crippen molar-refractivity contribution in [2.45, 2.75) is 6.92 Å². The van der Waals surface area contributed by atoms with Gasteiger partial charge in [0.05, 0.1) is 5.56 Å². The minimum atomic E-state index is -0.789. The maximum Gasteiger partial charge on any atom is 0.165 e. The highest BCUT2D eigenvalue weighted by atomic mass is 79.9. The third kappa shape index (κ3) is 1.48. The quantitative estimate of drug-likeness (QED) is 0.756. The van der Waals surface area contributed by atoms with Crippen LogP contribution in [0.5, 0.6) is 5.75 Å². The number of phenols is 1. The summed E-state index contributed by atoms with van der Waals surface area (Å²) in [5, 5.41) is 9.12. The Hall–Kier alpha value is -0.900. The van der Waals surface area contributed by atoms with Gasteiger partial charge in [0.2, 0.25) is 0 Å². The first kappa shape index (κ1) is 9.19. The van der Waals surface area contributed by atoms with Gasteiger partial charge in [-0.1, -0.05) is 0 Å². The molecular weight excluding hydrogens is 227 g/mol. The number of ketones is 1. The van der Waals surface area contributed by atoms with Crippen LogP contribution in [0.2, 0.25) is 0 Å². The fourth-order valence-corrected chi connectivity index (χ4v) is 1.48. The molecule has 64 valence electrons. The third-order valence-electron chi connectivity index (χ3n) is 1.43. The number of hydrogen-bond acceptors (Lipinski definition) is 2. The van der Waals surface area contributed by atoms with Crippen LogP contribution in [0.4, 0.5) is 4.39 Å². The molecule has 0 aliphatic carbocycles. The largest absolute Gasteiger partial charge is 0.504 e. The molecule has 0 spiro atoms. The number of hydrogen-bond donors (Lipinski definition) is 1. The van der Waals surface area contributed by atoms with E-state index in [9.17, 15) is 9.18 Å². The second-order valence-corrected chi connectivity index (χ2v) is 3.16. The highest BCUT2D eigenvalue weighted by Crippen LogP contribution is 2.28. The monoisotopic (exact) mass is 232 g/mol. The van der Waals surface area contributed by atoms with E-state index < -0.39 is 11.6 Å². The minimum Gasteiger partial charge on any atom is -0.504 e. The van der Waals surface area contributed by atoms with Crippen LogP contribution >= 0.6 is 15.9 Å².